The molecule has 1 amide bonds. The molecule has 230 valence electrons. The molecule has 0 saturated carbocycles. The van der Waals surface area contributed by atoms with Crippen LogP contribution >= 0.6 is 0 Å². The lowest BCUT2D eigenvalue weighted by Crippen LogP contribution is -2.37. The lowest BCUT2D eigenvalue weighted by molar-refractivity contribution is 0.102. The van der Waals surface area contributed by atoms with Crippen LogP contribution in [0.4, 0.5) is 26.0 Å². The number of nitrogens with zero attached hydrogens (tertiary/aromatic N) is 4. The first-order valence-corrected chi connectivity index (χ1v) is 15.0. The molecule has 0 spiro atoms. The Morgan fingerprint density at radius 3 is 2.35 bits per heavy atom. The zero-order valence-corrected chi connectivity index (χ0v) is 25.8. The number of carbonyl (C=O) groups excluding carboxylic acids is 1. The molecule has 0 bridgehead atoms. The van der Waals surface area contributed by atoms with Crippen molar-refractivity contribution in [2.24, 2.45) is 0 Å². The van der Waals surface area contributed by atoms with Crippen LogP contribution in [0.2, 0.25) is 0 Å². The Morgan fingerprint density at radius 2 is 1.70 bits per heavy atom. The molecule has 0 radical (unpaired) electrons. The highest BCUT2D eigenvalue weighted by Crippen LogP contribution is 2.31. The first-order valence-electron chi connectivity index (χ1n) is 13.5. The lowest BCUT2D eigenvalue weighted by atomic mass is 10.1. The van der Waals surface area contributed by atoms with Crippen molar-refractivity contribution in [1.29, 1.82) is 0 Å². The highest BCUT2D eigenvalue weighted by molar-refractivity contribution is 7.91. The van der Waals surface area contributed by atoms with E-state index >= 15 is 0 Å². The Kier molecular flexibility index (Phi) is 9.68. The predicted molar refractivity (Wildman–Crippen MR) is 164 cm³/mol. The number of ether oxygens (including phenoxy) is 1. The summed E-state index contributed by atoms with van der Waals surface area (Å²) in [6.07, 6.45) is 0. The van der Waals surface area contributed by atoms with Gasteiger partial charge < -0.3 is 24.8 Å². The number of anilines is 3. The van der Waals surface area contributed by atoms with Gasteiger partial charge in [-0.05, 0) is 69.6 Å². The van der Waals surface area contributed by atoms with Crippen LogP contribution < -0.4 is 15.1 Å². The van der Waals surface area contributed by atoms with Crippen LogP contribution in [0.3, 0.4) is 0 Å². The molecule has 0 fully saturated rings. The molecule has 0 aliphatic carbocycles. The number of rotatable bonds is 12. The summed E-state index contributed by atoms with van der Waals surface area (Å²) in [6.45, 7) is 3.94. The van der Waals surface area contributed by atoms with Gasteiger partial charge in [0, 0.05) is 57.5 Å². The quantitative estimate of drug-likeness (QED) is 0.242. The van der Waals surface area contributed by atoms with E-state index in [4.69, 9.17) is 4.74 Å². The highest BCUT2D eigenvalue weighted by Gasteiger charge is 2.23. The predicted octanol–water partition coefficient (Wildman–Crippen LogP) is 4.40. The summed E-state index contributed by atoms with van der Waals surface area (Å²) in [5.41, 5.74) is 2.45. The van der Waals surface area contributed by atoms with Crippen molar-refractivity contribution in [3.63, 3.8) is 0 Å². The smallest absolute Gasteiger partial charge is 0.258 e. The summed E-state index contributed by atoms with van der Waals surface area (Å²) < 4.78 is 59.2. The fourth-order valence-electron chi connectivity index (χ4n) is 4.75. The summed E-state index contributed by atoms with van der Waals surface area (Å²) >= 11 is 0. The molecule has 10 nitrogen and oxygen atoms in total. The van der Waals surface area contributed by atoms with Gasteiger partial charge in [-0.25, -0.2) is 17.2 Å². The highest BCUT2D eigenvalue weighted by atomic mass is 32.2. The van der Waals surface area contributed by atoms with Crippen molar-refractivity contribution in [3.8, 4) is 0 Å². The monoisotopic (exact) mass is 614 g/mol. The number of fused-ring (bicyclic) bond motifs is 1. The molecule has 43 heavy (non-hydrogen) atoms. The number of methoxy groups -OCH3 is 1. The third-order valence-electron chi connectivity index (χ3n) is 7.19. The SMILES string of the molecule is COCCN(C)c1cc(N(C)[C@H](C)CN(C)C)ccc1C(=O)Nc1n[nH]c2ccc(S(=O)(=O)c3cc(F)cc(F)c3)cc12. The third-order valence-corrected chi connectivity index (χ3v) is 8.92. The van der Waals surface area contributed by atoms with Crippen LogP contribution in [0.15, 0.2) is 64.4 Å². The molecule has 3 aromatic carbocycles. The minimum atomic E-state index is -4.27. The van der Waals surface area contributed by atoms with Crippen molar-refractivity contribution in [1.82, 2.24) is 15.1 Å². The number of likely N-dealkylation sites (N-methyl/N-ethyl adjacent to an activating group) is 3. The fourth-order valence-corrected chi connectivity index (χ4v) is 6.08. The molecule has 13 heteroatoms. The maximum Gasteiger partial charge on any atom is 0.258 e. The first-order chi connectivity index (χ1) is 20.3. The van der Waals surface area contributed by atoms with E-state index in [1.54, 1.807) is 13.2 Å². The third kappa shape index (κ3) is 7.12. The average molecular weight is 615 g/mol. The van der Waals surface area contributed by atoms with Gasteiger partial charge in [0.2, 0.25) is 9.84 Å². The van der Waals surface area contributed by atoms with Gasteiger partial charge in [-0.2, -0.15) is 5.10 Å². The van der Waals surface area contributed by atoms with E-state index < -0.39 is 32.3 Å². The van der Waals surface area contributed by atoms with Gasteiger partial charge in [-0.1, -0.05) is 0 Å². The van der Waals surface area contributed by atoms with E-state index in [2.05, 4.69) is 32.2 Å². The van der Waals surface area contributed by atoms with Gasteiger partial charge in [0.25, 0.3) is 5.91 Å². The van der Waals surface area contributed by atoms with E-state index in [-0.39, 0.29) is 16.8 Å². The fraction of sp³-hybridized carbons (Fsp3) is 0.333. The molecule has 0 aliphatic heterocycles. The Bertz CT molecular complexity index is 1710. The number of benzene rings is 3. The Hall–Kier alpha value is -4.07. The maximum absolute atomic E-state index is 13.8. The number of aromatic amines is 1. The molecule has 0 unspecified atom stereocenters. The molecule has 2 N–H and O–H groups in total. The summed E-state index contributed by atoms with van der Waals surface area (Å²) in [6, 6.07) is 12.0. The van der Waals surface area contributed by atoms with E-state index in [9.17, 15) is 22.0 Å². The number of hydrogen-bond donors (Lipinski definition) is 2. The Balaban J connectivity index is 1.68. The van der Waals surface area contributed by atoms with Crippen LogP contribution in [-0.2, 0) is 14.6 Å². The van der Waals surface area contributed by atoms with Gasteiger partial charge in [-0.3, -0.25) is 9.89 Å². The Morgan fingerprint density at radius 1 is 1.00 bits per heavy atom. The summed E-state index contributed by atoms with van der Waals surface area (Å²) in [7, 11) is 5.24. The molecule has 0 aliphatic rings. The van der Waals surface area contributed by atoms with E-state index in [0.29, 0.717) is 41.4 Å². The van der Waals surface area contributed by atoms with E-state index in [0.717, 1.165) is 24.4 Å². The van der Waals surface area contributed by atoms with Gasteiger partial charge in [0.1, 0.15) is 11.6 Å². The molecule has 0 saturated heterocycles. The van der Waals surface area contributed by atoms with Crippen molar-refractivity contribution in [2.75, 3.05) is 70.1 Å². The van der Waals surface area contributed by atoms with Crippen molar-refractivity contribution in [2.45, 2.75) is 22.8 Å². The van der Waals surface area contributed by atoms with Crippen LogP contribution in [-0.4, -0.2) is 90.5 Å². The number of nitrogens with one attached hydrogen (secondary N) is 2. The lowest BCUT2D eigenvalue weighted by Gasteiger charge is -2.31. The van der Waals surface area contributed by atoms with Gasteiger partial charge >= 0.3 is 0 Å². The number of amides is 1. The second-order valence-electron chi connectivity index (χ2n) is 10.7. The maximum atomic E-state index is 13.8. The second-order valence-corrected chi connectivity index (χ2v) is 12.6. The number of H-pyrrole nitrogens is 1. The minimum absolute atomic E-state index is 0.105. The normalized spacial score (nSPS) is 12.5. The minimum Gasteiger partial charge on any atom is -0.383 e. The summed E-state index contributed by atoms with van der Waals surface area (Å²) in [5, 5.41) is 10.1. The number of aromatic nitrogens is 2. The first kappa shape index (κ1) is 31.9. The van der Waals surface area contributed by atoms with Crippen molar-refractivity contribution in [3.05, 3.63) is 71.8 Å². The average Bonchev–Trinajstić information content (AvgIpc) is 3.36. The zero-order valence-electron chi connectivity index (χ0n) is 25.0. The second kappa shape index (κ2) is 13.1. The molecule has 4 aromatic rings. The van der Waals surface area contributed by atoms with E-state index in [1.807, 2.05) is 45.2 Å². The van der Waals surface area contributed by atoms with E-state index in [1.165, 1.54) is 18.2 Å². The number of carbonyl (C=O) groups is 1. The topological polar surface area (TPSA) is 111 Å². The number of sulfone groups is 1. The molecule has 4 rings (SSSR count). The summed E-state index contributed by atoms with van der Waals surface area (Å²) in [5.74, 6) is -2.37. The van der Waals surface area contributed by atoms with Crippen LogP contribution in [0.25, 0.3) is 10.9 Å². The summed E-state index contributed by atoms with van der Waals surface area (Å²) in [4.78, 5) is 19.1. The standard InChI is InChI=1S/C30H36F2N6O4S/c1-19(18-36(2)3)38(5)22-7-9-25(28(16-22)37(4)11-12-42-6)30(39)33-29-26-17-23(8-10-27(26)34-35-29)43(40,41)24-14-20(31)13-21(32)15-24/h7-10,13-17,19H,11-12,18H2,1-6H3,(H2,33,34,35,39)/t19-/m1/s1. The van der Waals surface area contributed by atoms with Crippen LogP contribution in [0.1, 0.15) is 17.3 Å². The van der Waals surface area contributed by atoms with Gasteiger partial charge in [-0.15, -0.1) is 0 Å². The van der Waals surface area contributed by atoms with Crippen LogP contribution in [0, 0.1) is 11.6 Å². The van der Waals surface area contributed by atoms with Gasteiger partial charge in [0.05, 0.1) is 33.2 Å². The molecule has 1 heterocycles. The number of hydrogen-bond acceptors (Lipinski definition) is 8. The molecular weight excluding hydrogens is 578 g/mol. The van der Waals surface area contributed by atoms with Crippen molar-refractivity contribution >= 4 is 43.8 Å². The van der Waals surface area contributed by atoms with Crippen LogP contribution in [0.5, 0.6) is 0 Å². The van der Waals surface area contributed by atoms with Crippen molar-refractivity contribution < 1.29 is 26.7 Å². The zero-order chi connectivity index (χ0) is 31.5. The Labute approximate surface area is 250 Å². The number of halogens is 2. The largest absolute Gasteiger partial charge is 0.383 e. The molecule has 1 atom stereocenters. The molecular formula is C30H36F2N6O4S. The van der Waals surface area contributed by atoms with Gasteiger partial charge in [0.15, 0.2) is 5.82 Å². The molecule has 1 aromatic heterocycles.